The van der Waals surface area contributed by atoms with Crippen LogP contribution in [0, 0.1) is 0 Å². The summed E-state index contributed by atoms with van der Waals surface area (Å²) >= 11 is 0. The van der Waals surface area contributed by atoms with Crippen molar-refractivity contribution in [2.24, 2.45) is 0 Å². The van der Waals surface area contributed by atoms with E-state index < -0.39 is 0 Å². The number of hydrogen-bond donors (Lipinski definition) is 4. The topological polar surface area (TPSA) is 95.7 Å². The maximum Gasteiger partial charge on any atom is 0.0428 e. The predicted molar refractivity (Wildman–Crippen MR) is 52.5 cm³/mol. The standard InChI is InChI=1S/2C3H8O.C2H6O.H3N/c2*1-2-3-4;1-2-3;/h2*4H,2-3H2,1H3;3H,2H2,1H3;1H3. The van der Waals surface area contributed by atoms with Crippen LogP contribution >= 0.6 is 0 Å². The molecule has 0 saturated carbocycles. The lowest BCUT2D eigenvalue weighted by Gasteiger charge is -1.69. The fourth-order valence-electron chi connectivity index (χ4n) is 0. The molecule has 0 bridgehead atoms. The van der Waals surface area contributed by atoms with Gasteiger partial charge in [-0.15, -0.1) is 0 Å². The van der Waals surface area contributed by atoms with Crippen molar-refractivity contribution in [3.8, 4) is 0 Å². The minimum Gasteiger partial charge on any atom is -0.397 e. The molecule has 0 unspecified atom stereocenters. The van der Waals surface area contributed by atoms with Gasteiger partial charge in [0.05, 0.1) is 0 Å². The van der Waals surface area contributed by atoms with Gasteiger partial charge in [0, 0.05) is 19.8 Å². The second-order valence-electron chi connectivity index (χ2n) is 1.76. The predicted octanol–water partition coefficient (Wildman–Crippen LogP) is 0.938. The molecule has 0 saturated heterocycles. The van der Waals surface area contributed by atoms with Crippen molar-refractivity contribution in [3.05, 3.63) is 0 Å². The normalized spacial score (nSPS) is 6.50. The summed E-state index contributed by atoms with van der Waals surface area (Å²) in [5, 5.41) is 23.3. The summed E-state index contributed by atoms with van der Waals surface area (Å²) in [5.41, 5.74) is 0. The molecule has 0 fully saturated rings. The highest BCUT2D eigenvalue weighted by Gasteiger charge is 1.57. The van der Waals surface area contributed by atoms with Gasteiger partial charge in [-0.05, 0) is 19.8 Å². The number of rotatable bonds is 2. The van der Waals surface area contributed by atoms with Crippen LogP contribution in [0.1, 0.15) is 33.6 Å². The molecule has 0 radical (unpaired) electrons. The van der Waals surface area contributed by atoms with Gasteiger partial charge in [0.15, 0.2) is 0 Å². The van der Waals surface area contributed by atoms with Crippen LogP contribution in [0.25, 0.3) is 0 Å². The minimum absolute atomic E-state index is 0. The van der Waals surface area contributed by atoms with E-state index in [0.717, 1.165) is 12.8 Å². The van der Waals surface area contributed by atoms with Crippen LogP contribution in [0.5, 0.6) is 0 Å². The van der Waals surface area contributed by atoms with Gasteiger partial charge in [0.25, 0.3) is 0 Å². The zero-order valence-electron chi connectivity index (χ0n) is 8.58. The fraction of sp³-hybridized carbons (Fsp3) is 1.00. The Morgan fingerprint density at radius 1 is 0.750 bits per heavy atom. The molecule has 6 N–H and O–H groups in total. The van der Waals surface area contributed by atoms with Crippen LogP contribution in [0.3, 0.4) is 0 Å². The molecule has 0 aliphatic rings. The third-order valence-corrected chi connectivity index (χ3v) is 0.447. The summed E-state index contributed by atoms with van der Waals surface area (Å²) in [4.78, 5) is 0. The Hall–Kier alpha value is -0.160. The van der Waals surface area contributed by atoms with E-state index in [9.17, 15) is 0 Å². The van der Waals surface area contributed by atoms with Gasteiger partial charge < -0.3 is 21.5 Å². The zero-order chi connectivity index (χ0) is 9.54. The van der Waals surface area contributed by atoms with Crippen molar-refractivity contribution in [2.75, 3.05) is 19.8 Å². The third-order valence-electron chi connectivity index (χ3n) is 0.447. The first-order chi connectivity index (χ1) is 5.24. The van der Waals surface area contributed by atoms with Gasteiger partial charge in [-0.25, -0.2) is 0 Å². The molecule has 0 rings (SSSR count). The monoisotopic (exact) mass is 183 g/mol. The van der Waals surface area contributed by atoms with E-state index in [4.69, 9.17) is 15.3 Å². The van der Waals surface area contributed by atoms with Crippen LogP contribution < -0.4 is 6.15 Å². The summed E-state index contributed by atoms with van der Waals surface area (Å²) < 4.78 is 0. The smallest absolute Gasteiger partial charge is 0.0428 e. The molecule has 0 atom stereocenters. The molecule has 0 aliphatic heterocycles. The highest BCUT2D eigenvalue weighted by atomic mass is 16.3. The van der Waals surface area contributed by atoms with E-state index in [1.54, 1.807) is 6.92 Å². The highest BCUT2D eigenvalue weighted by Crippen LogP contribution is 1.61. The highest BCUT2D eigenvalue weighted by molar-refractivity contribution is 4.10. The molecule has 0 spiro atoms. The lowest BCUT2D eigenvalue weighted by molar-refractivity contribution is 0.294. The maximum atomic E-state index is 7.88. The van der Waals surface area contributed by atoms with Crippen LogP contribution in [-0.2, 0) is 0 Å². The first-order valence-corrected chi connectivity index (χ1v) is 4.07. The quantitative estimate of drug-likeness (QED) is 0.512. The van der Waals surface area contributed by atoms with Gasteiger partial charge in [-0.1, -0.05) is 13.8 Å². The first kappa shape index (κ1) is 22.6. The Labute approximate surface area is 75.8 Å². The number of aliphatic hydroxyl groups excluding tert-OH is 3. The van der Waals surface area contributed by atoms with E-state index in [1.807, 2.05) is 13.8 Å². The van der Waals surface area contributed by atoms with E-state index in [2.05, 4.69) is 0 Å². The van der Waals surface area contributed by atoms with Crippen LogP contribution in [0.2, 0.25) is 0 Å². The Morgan fingerprint density at radius 3 is 0.833 bits per heavy atom. The molecule has 0 aromatic heterocycles. The number of aliphatic hydroxyl groups is 3. The minimum atomic E-state index is 0. The summed E-state index contributed by atoms with van der Waals surface area (Å²) in [6, 6.07) is 0. The van der Waals surface area contributed by atoms with E-state index in [-0.39, 0.29) is 12.8 Å². The fourth-order valence-corrected chi connectivity index (χ4v) is 0. The molecule has 4 heteroatoms. The Balaban J connectivity index is -0.0000000389. The van der Waals surface area contributed by atoms with Gasteiger partial charge in [0.1, 0.15) is 0 Å². The van der Waals surface area contributed by atoms with Crippen molar-refractivity contribution < 1.29 is 15.3 Å². The first-order valence-electron chi connectivity index (χ1n) is 4.07. The van der Waals surface area contributed by atoms with Crippen molar-refractivity contribution in [2.45, 2.75) is 33.6 Å². The van der Waals surface area contributed by atoms with Crippen LogP contribution in [-0.4, -0.2) is 35.1 Å². The molecule has 0 aromatic rings. The molecule has 4 nitrogen and oxygen atoms in total. The largest absolute Gasteiger partial charge is 0.397 e. The molecule has 0 aliphatic carbocycles. The zero-order valence-corrected chi connectivity index (χ0v) is 8.58. The van der Waals surface area contributed by atoms with Crippen LogP contribution in [0.4, 0.5) is 0 Å². The average Bonchev–Trinajstić information content (AvgIpc) is 2.06. The summed E-state index contributed by atoms with van der Waals surface area (Å²) in [6.45, 7) is 6.43. The molecule has 12 heavy (non-hydrogen) atoms. The third kappa shape index (κ3) is 227. The Bertz CT molecular complexity index is 29.5. The molecule has 0 heterocycles. The van der Waals surface area contributed by atoms with Crippen molar-refractivity contribution >= 4 is 0 Å². The van der Waals surface area contributed by atoms with Crippen molar-refractivity contribution in [3.63, 3.8) is 0 Å². The van der Waals surface area contributed by atoms with E-state index >= 15 is 0 Å². The maximum absolute atomic E-state index is 7.88. The summed E-state index contributed by atoms with van der Waals surface area (Å²) in [6.07, 6.45) is 1.75. The van der Waals surface area contributed by atoms with Crippen molar-refractivity contribution in [1.29, 1.82) is 0 Å². The molecule has 0 amide bonds. The summed E-state index contributed by atoms with van der Waals surface area (Å²) in [7, 11) is 0. The van der Waals surface area contributed by atoms with Gasteiger partial charge >= 0.3 is 0 Å². The van der Waals surface area contributed by atoms with E-state index in [1.165, 1.54) is 0 Å². The van der Waals surface area contributed by atoms with Gasteiger partial charge in [0.2, 0.25) is 0 Å². The summed E-state index contributed by atoms with van der Waals surface area (Å²) in [5.74, 6) is 0. The average molecular weight is 183 g/mol. The second kappa shape index (κ2) is 44.8. The lowest BCUT2D eigenvalue weighted by atomic mass is 10.5. The number of hydrogen-bond acceptors (Lipinski definition) is 4. The molecular formula is C8H25NO3. The molecule has 0 aromatic carbocycles. The van der Waals surface area contributed by atoms with Crippen molar-refractivity contribution in [1.82, 2.24) is 6.15 Å². The Morgan fingerprint density at radius 2 is 0.833 bits per heavy atom. The second-order valence-corrected chi connectivity index (χ2v) is 1.76. The van der Waals surface area contributed by atoms with Gasteiger partial charge in [-0.2, -0.15) is 0 Å². The molecular weight excluding hydrogens is 158 g/mol. The molecule has 80 valence electrons. The van der Waals surface area contributed by atoms with Gasteiger partial charge in [-0.3, -0.25) is 0 Å². The lowest BCUT2D eigenvalue weighted by Crippen LogP contribution is -1.69. The van der Waals surface area contributed by atoms with E-state index in [0.29, 0.717) is 13.2 Å². The Kier molecular flexibility index (Phi) is 84.5. The van der Waals surface area contributed by atoms with Crippen LogP contribution in [0.15, 0.2) is 0 Å². The SMILES string of the molecule is CCCO.CCCO.CCO.N.